The molecule has 2 aromatic rings. The SMILES string of the molecule is CC(C)C(N)C(O)c1cnn(-c2ccccc2)c1. The predicted octanol–water partition coefficient (Wildman–Crippen LogP) is 1.89. The molecule has 2 rings (SSSR count). The van der Waals surface area contributed by atoms with Crippen molar-refractivity contribution in [2.45, 2.75) is 26.0 Å². The molecule has 1 aromatic carbocycles. The Morgan fingerprint density at radius 1 is 1.22 bits per heavy atom. The van der Waals surface area contributed by atoms with Gasteiger partial charge in [0.1, 0.15) is 0 Å². The second kappa shape index (κ2) is 5.33. The molecule has 0 aliphatic heterocycles. The second-order valence-corrected chi connectivity index (χ2v) is 4.82. The fourth-order valence-electron chi connectivity index (χ4n) is 1.80. The van der Waals surface area contributed by atoms with E-state index in [0.29, 0.717) is 0 Å². The fraction of sp³-hybridized carbons (Fsp3) is 0.357. The second-order valence-electron chi connectivity index (χ2n) is 4.82. The van der Waals surface area contributed by atoms with Crippen LogP contribution < -0.4 is 5.73 Å². The molecule has 0 saturated carbocycles. The van der Waals surface area contributed by atoms with Gasteiger partial charge in [-0.15, -0.1) is 0 Å². The number of benzene rings is 1. The van der Waals surface area contributed by atoms with Crippen molar-refractivity contribution < 1.29 is 5.11 Å². The van der Waals surface area contributed by atoms with Crippen molar-refractivity contribution in [2.24, 2.45) is 11.7 Å². The lowest BCUT2D eigenvalue weighted by Crippen LogP contribution is -2.33. The van der Waals surface area contributed by atoms with Crippen molar-refractivity contribution in [2.75, 3.05) is 0 Å². The molecule has 1 heterocycles. The van der Waals surface area contributed by atoms with E-state index in [4.69, 9.17) is 5.73 Å². The minimum atomic E-state index is -0.678. The highest BCUT2D eigenvalue weighted by Crippen LogP contribution is 2.20. The van der Waals surface area contributed by atoms with Gasteiger partial charge < -0.3 is 10.8 Å². The first-order valence-electron chi connectivity index (χ1n) is 6.13. The summed E-state index contributed by atoms with van der Waals surface area (Å²) in [5.74, 6) is 0.222. The Morgan fingerprint density at radius 3 is 2.50 bits per heavy atom. The number of aliphatic hydroxyl groups excluding tert-OH is 1. The van der Waals surface area contributed by atoms with Crippen molar-refractivity contribution in [3.05, 3.63) is 48.3 Å². The van der Waals surface area contributed by atoms with Crippen LogP contribution in [-0.2, 0) is 0 Å². The molecule has 3 N–H and O–H groups in total. The number of nitrogens with zero attached hydrogens (tertiary/aromatic N) is 2. The topological polar surface area (TPSA) is 64.1 Å². The van der Waals surface area contributed by atoms with E-state index in [9.17, 15) is 5.11 Å². The zero-order chi connectivity index (χ0) is 13.1. The highest BCUT2D eigenvalue weighted by molar-refractivity contribution is 5.31. The summed E-state index contributed by atoms with van der Waals surface area (Å²) in [7, 11) is 0. The van der Waals surface area contributed by atoms with Crippen LogP contribution in [0.1, 0.15) is 25.5 Å². The Hall–Kier alpha value is -1.65. The quantitative estimate of drug-likeness (QED) is 0.864. The van der Waals surface area contributed by atoms with Crippen LogP contribution in [0.4, 0.5) is 0 Å². The zero-order valence-electron chi connectivity index (χ0n) is 10.7. The third-order valence-corrected chi connectivity index (χ3v) is 3.10. The van der Waals surface area contributed by atoms with Crippen molar-refractivity contribution in [1.29, 1.82) is 0 Å². The van der Waals surface area contributed by atoms with Crippen LogP contribution in [0.15, 0.2) is 42.7 Å². The lowest BCUT2D eigenvalue weighted by Gasteiger charge is -2.20. The molecule has 4 heteroatoms. The maximum Gasteiger partial charge on any atom is 0.0973 e. The first-order chi connectivity index (χ1) is 8.59. The fourth-order valence-corrected chi connectivity index (χ4v) is 1.80. The average molecular weight is 245 g/mol. The number of aromatic nitrogens is 2. The van der Waals surface area contributed by atoms with Gasteiger partial charge in [0.25, 0.3) is 0 Å². The maximum absolute atomic E-state index is 10.1. The van der Waals surface area contributed by atoms with Gasteiger partial charge in [0.15, 0.2) is 0 Å². The molecule has 0 aliphatic carbocycles. The summed E-state index contributed by atoms with van der Waals surface area (Å²) < 4.78 is 1.74. The van der Waals surface area contributed by atoms with Crippen LogP contribution in [-0.4, -0.2) is 20.9 Å². The van der Waals surface area contributed by atoms with Crippen molar-refractivity contribution >= 4 is 0 Å². The molecule has 0 aliphatic rings. The molecule has 0 bridgehead atoms. The van der Waals surface area contributed by atoms with Crippen LogP contribution in [0, 0.1) is 5.92 Å². The summed E-state index contributed by atoms with van der Waals surface area (Å²) in [4.78, 5) is 0. The van der Waals surface area contributed by atoms with Gasteiger partial charge in [-0.1, -0.05) is 32.0 Å². The number of nitrogens with two attached hydrogens (primary N) is 1. The molecule has 2 atom stereocenters. The summed E-state index contributed by atoms with van der Waals surface area (Å²) in [5, 5.41) is 14.4. The molecule has 18 heavy (non-hydrogen) atoms. The molecular weight excluding hydrogens is 226 g/mol. The Bertz CT molecular complexity index is 493. The first-order valence-corrected chi connectivity index (χ1v) is 6.13. The molecule has 4 nitrogen and oxygen atoms in total. The van der Waals surface area contributed by atoms with E-state index in [-0.39, 0.29) is 12.0 Å². The summed E-state index contributed by atoms with van der Waals surface area (Å²) >= 11 is 0. The molecule has 2 unspecified atom stereocenters. The number of aliphatic hydroxyl groups is 1. The van der Waals surface area contributed by atoms with E-state index in [2.05, 4.69) is 5.10 Å². The van der Waals surface area contributed by atoms with E-state index in [0.717, 1.165) is 11.3 Å². The summed E-state index contributed by atoms with van der Waals surface area (Å²) in [5.41, 5.74) is 7.67. The zero-order valence-corrected chi connectivity index (χ0v) is 10.7. The molecule has 0 fully saturated rings. The van der Waals surface area contributed by atoms with Gasteiger partial charge in [-0.3, -0.25) is 0 Å². The summed E-state index contributed by atoms with van der Waals surface area (Å²) in [6.45, 7) is 3.99. The Kier molecular flexibility index (Phi) is 3.79. The lowest BCUT2D eigenvalue weighted by molar-refractivity contribution is 0.126. The largest absolute Gasteiger partial charge is 0.387 e. The number of rotatable bonds is 4. The number of hydrogen-bond acceptors (Lipinski definition) is 3. The van der Waals surface area contributed by atoms with Crippen LogP contribution in [0.3, 0.4) is 0 Å². The summed E-state index contributed by atoms with van der Waals surface area (Å²) in [6.07, 6.45) is 2.81. The van der Waals surface area contributed by atoms with Gasteiger partial charge in [-0.05, 0) is 18.1 Å². The van der Waals surface area contributed by atoms with E-state index in [1.165, 1.54) is 0 Å². The minimum absolute atomic E-state index is 0.222. The lowest BCUT2D eigenvalue weighted by atomic mass is 9.96. The standard InChI is InChI=1S/C14H19N3O/c1-10(2)13(15)14(18)11-8-16-17(9-11)12-6-4-3-5-7-12/h3-10,13-14,18H,15H2,1-2H3. The minimum Gasteiger partial charge on any atom is -0.387 e. The molecule has 0 amide bonds. The van der Waals surface area contributed by atoms with Gasteiger partial charge in [0, 0.05) is 17.8 Å². The predicted molar refractivity (Wildman–Crippen MR) is 71.3 cm³/mol. The van der Waals surface area contributed by atoms with Crippen LogP contribution in [0.2, 0.25) is 0 Å². The normalized spacial score (nSPS) is 14.7. The Balaban J connectivity index is 2.21. The van der Waals surface area contributed by atoms with Crippen molar-refractivity contribution in [3.63, 3.8) is 0 Å². The molecule has 1 aromatic heterocycles. The molecule has 0 spiro atoms. The maximum atomic E-state index is 10.1. The third-order valence-electron chi connectivity index (χ3n) is 3.10. The monoisotopic (exact) mass is 245 g/mol. The van der Waals surface area contributed by atoms with Gasteiger partial charge in [0.05, 0.1) is 18.0 Å². The van der Waals surface area contributed by atoms with Crippen LogP contribution >= 0.6 is 0 Å². The van der Waals surface area contributed by atoms with E-state index in [1.54, 1.807) is 10.9 Å². The van der Waals surface area contributed by atoms with E-state index in [1.807, 2.05) is 50.4 Å². The van der Waals surface area contributed by atoms with Crippen molar-refractivity contribution in [3.8, 4) is 5.69 Å². The Labute approximate surface area is 107 Å². The smallest absolute Gasteiger partial charge is 0.0973 e. The highest BCUT2D eigenvalue weighted by atomic mass is 16.3. The molecular formula is C14H19N3O. The van der Waals surface area contributed by atoms with Gasteiger partial charge in [0.2, 0.25) is 0 Å². The van der Waals surface area contributed by atoms with E-state index < -0.39 is 6.10 Å². The first kappa shape index (κ1) is 12.8. The summed E-state index contributed by atoms with van der Waals surface area (Å²) in [6, 6.07) is 9.51. The van der Waals surface area contributed by atoms with Crippen LogP contribution in [0.25, 0.3) is 5.69 Å². The van der Waals surface area contributed by atoms with Crippen molar-refractivity contribution in [1.82, 2.24) is 9.78 Å². The number of para-hydroxylation sites is 1. The van der Waals surface area contributed by atoms with Gasteiger partial charge >= 0.3 is 0 Å². The molecule has 0 radical (unpaired) electrons. The highest BCUT2D eigenvalue weighted by Gasteiger charge is 2.21. The van der Waals surface area contributed by atoms with E-state index >= 15 is 0 Å². The third kappa shape index (κ3) is 2.60. The average Bonchev–Trinajstić information content (AvgIpc) is 2.87. The molecule has 96 valence electrons. The van der Waals surface area contributed by atoms with Gasteiger partial charge in [-0.2, -0.15) is 5.10 Å². The molecule has 0 saturated heterocycles. The van der Waals surface area contributed by atoms with Crippen LogP contribution in [0.5, 0.6) is 0 Å². The number of hydrogen-bond donors (Lipinski definition) is 2. The van der Waals surface area contributed by atoms with Gasteiger partial charge in [-0.25, -0.2) is 4.68 Å². The Morgan fingerprint density at radius 2 is 1.89 bits per heavy atom.